The summed E-state index contributed by atoms with van der Waals surface area (Å²) in [6.45, 7) is 16.8. The Morgan fingerprint density at radius 1 is 1.29 bits per heavy atom. The standard InChI is InChI=1S/C10H21NOS.C4H10.H2/c1-5-9(12)7-13-10(3,4)8-11-6-2;1-4(2)3;/h11H,5-8H2,1-4H3;4H,1-3H3;1H. The Morgan fingerprint density at radius 3 is 2.12 bits per heavy atom. The van der Waals surface area contributed by atoms with E-state index >= 15 is 0 Å². The molecule has 0 aromatic rings. The fraction of sp³-hybridized carbons (Fsp3) is 0.929. The molecule has 0 rings (SSSR count). The number of ketones is 1. The zero-order valence-corrected chi connectivity index (χ0v) is 13.5. The van der Waals surface area contributed by atoms with Crippen molar-refractivity contribution in [3.63, 3.8) is 0 Å². The summed E-state index contributed by atoms with van der Waals surface area (Å²) in [5, 5.41) is 3.30. The van der Waals surface area contributed by atoms with E-state index in [2.05, 4.69) is 46.9 Å². The molecule has 0 aromatic carbocycles. The molecular formula is C14H33NOS. The van der Waals surface area contributed by atoms with Crippen molar-refractivity contribution in [2.75, 3.05) is 18.8 Å². The van der Waals surface area contributed by atoms with E-state index in [0.717, 1.165) is 19.0 Å². The van der Waals surface area contributed by atoms with Gasteiger partial charge in [0, 0.05) is 19.1 Å². The Kier molecular flexibility index (Phi) is 12.6. The second-order valence-corrected chi connectivity index (χ2v) is 7.14. The number of carbonyl (C=O) groups is 1. The molecule has 0 saturated carbocycles. The van der Waals surface area contributed by atoms with Crippen molar-refractivity contribution in [2.45, 2.75) is 59.6 Å². The van der Waals surface area contributed by atoms with E-state index in [1.54, 1.807) is 11.8 Å². The lowest BCUT2D eigenvalue weighted by molar-refractivity contribution is -0.116. The number of thioether (sulfide) groups is 1. The van der Waals surface area contributed by atoms with Crippen molar-refractivity contribution in [1.29, 1.82) is 0 Å². The van der Waals surface area contributed by atoms with Crippen molar-refractivity contribution >= 4 is 17.5 Å². The van der Waals surface area contributed by atoms with Gasteiger partial charge < -0.3 is 5.32 Å². The van der Waals surface area contributed by atoms with Gasteiger partial charge in [0.2, 0.25) is 0 Å². The molecule has 0 saturated heterocycles. The zero-order valence-electron chi connectivity index (χ0n) is 12.7. The van der Waals surface area contributed by atoms with E-state index in [-0.39, 0.29) is 6.17 Å². The molecule has 0 atom stereocenters. The first-order valence-electron chi connectivity index (χ1n) is 6.61. The van der Waals surface area contributed by atoms with Gasteiger partial charge in [-0.3, -0.25) is 4.79 Å². The molecule has 17 heavy (non-hydrogen) atoms. The van der Waals surface area contributed by atoms with Crippen LogP contribution in [0.25, 0.3) is 0 Å². The van der Waals surface area contributed by atoms with E-state index in [4.69, 9.17) is 0 Å². The maximum Gasteiger partial charge on any atom is 0.142 e. The predicted octanol–water partition coefficient (Wildman–Crippen LogP) is 4.00. The minimum absolute atomic E-state index is 0. The Labute approximate surface area is 114 Å². The van der Waals surface area contributed by atoms with Crippen LogP contribution in [0.3, 0.4) is 0 Å². The van der Waals surface area contributed by atoms with E-state index in [1.807, 2.05) is 6.92 Å². The van der Waals surface area contributed by atoms with Gasteiger partial charge in [-0.1, -0.05) is 34.6 Å². The summed E-state index contributed by atoms with van der Waals surface area (Å²) in [6, 6.07) is 0. The van der Waals surface area contributed by atoms with Crippen molar-refractivity contribution in [3.8, 4) is 0 Å². The van der Waals surface area contributed by atoms with Gasteiger partial charge in [0.05, 0.1) is 5.75 Å². The van der Waals surface area contributed by atoms with Gasteiger partial charge in [-0.15, -0.1) is 11.8 Å². The van der Waals surface area contributed by atoms with Crippen LogP contribution in [-0.4, -0.2) is 29.4 Å². The number of hydrogen-bond donors (Lipinski definition) is 1. The number of nitrogens with one attached hydrogen (secondary N) is 1. The average molecular weight is 263 g/mol. The molecule has 0 aliphatic rings. The summed E-state index contributed by atoms with van der Waals surface area (Å²) in [7, 11) is 0. The van der Waals surface area contributed by atoms with Gasteiger partial charge in [-0.25, -0.2) is 0 Å². The van der Waals surface area contributed by atoms with Crippen molar-refractivity contribution in [3.05, 3.63) is 0 Å². The second-order valence-electron chi connectivity index (χ2n) is 5.45. The van der Waals surface area contributed by atoms with Crippen molar-refractivity contribution in [1.82, 2.24) is 5.32 Å². The first kappa shape index (κ1) is 19.3. The van der Waals surface area contributed by atoms with E-state index in [9.17, 15) is 4.79 Å². The summed E-state index contributed by atoms with van der Waals surface area (Å²) < 4.78 is 0.168. The molecule has 0 aliphatic heterocycles. The first-order valence-corrected chi connectivity index (χ1v) is 7.60. The molecular weight excluding hydrogens is 230 g/mol. The van der Waals surface area contributed by atoms with Crippen molar-refractivity contribution < 1.29 is 6.22 Å². The van der Waals surface area contributed by atoms with Gasteiger partial charge in [0.25, 0.3) is 0 Å². The number of rotatable bonds is 7. The van der Waals surface area contributed by atoms with Crippen molar-refractivity contribution in [2.24, 2.45) is 5.92 Å². The minimum Gasteiger partial charge on any atom is -0.316 e. The van der Waals surface area contributed by atoms with Crippen LogP contribution >= 0.6 is 11.8 Å². The van der Waals surface area contributed by atoms with Crippen LogP contribution < -0.4 is 5.32 Å². The molecule has 106 valence electrons. The van der Waals surface area contributed by atoms with Crippen LogP contribution in [0.2, 0.25) is 0 Å². The van der Waals surface area contributed by atoms with Gasteiger partial charge in [0.1, 0.15) is 5.78 Å². The normalized spacial score (nSPS) is 11.1. The Balaban J connectivity index is -0.000000392. The molecule has 0 unspecified atom stereocenters. The van der Waals surface area contributed by atoms with E-state index < -0.39 is 0 Å². The SMILES string of the molecule is CC(C)C.CCNCC(C)(C)SCC(=O)CC.[HH]. The van der Waals surface area contributed by atoms with Crippen LogP contribution in [0.4, 0.5) is 0 Å². The fourth-order valence-electron chi connectivity index (χ4n) is 0.855. The quantitative estimate of drug-likeness (QED) is 0.753. The molecule has 2 nitrogen and oxygen atoms in total. The summed E-state index contributed by atoms with van der Waals surface area (Å²) in [6.07, 6.45) is 0.657. The molecule has 1 N–H and O–H groups in total. The highest BCUT2D eigenvalue weighted by Crippen LogP contribution is 2.23. The van der Waals surface area contributed by atoms with Gasteiger partial charge in [0.15, 0.2) is 0 Å². The lowest BCUT2D eigenvalue weighted by Crippen LogP contribution is -2.32. The number of carbonyl (C=O) groups excluding carboxylic acids is 1. The molecule has 0 amide bonds. The summed E-state index contributed by atoms with van der Waals surface area (Å²) in [4.78, 5) is 11.1. The molecule has 0 fully saturated rings. The molecule has 0 bridgehead atoms. The summed E-state index contributed by atoms with van der Waals surface area (Å²) in [5.41, 5.74) is 0. The third-order valence-corrected chi connectivity index (χ3v) is 3.21. The first-order chi connectivity index (χ1) is 7.75. The van der Waals surface area contributed by atoms with Gasteiger partial charge in [-0.05, 0) is 26.3 Å². The van der Waals surface area contributed by atoms with Crippen LogP contribution in [0.1, 0.15) is 56.3 Å². The Bertz CT molecular complexity index is 193. The second kappa shape index (κ2) is 11.1. The number of Topliss-reactive ketones (excluding diaryl/α,β-unsaturated/α-hetero) is 1. The fourth-order valence-corrected chi connectivity index (χ4v) is 1.81. The van der Waals surface area contributed by atoms with Crippen LogP contribution in [0, 0.1) is 5.92 Å². The van der Waals surface area contributed by atoms with Crippen LogP contribution in [-0.2, 0) is 4.79 Å². The maximum atomic E-state index is 11.1. The minimum atomic E-state index is 0. The zero-order chi connectivity index (χ0) is 13.9. The van der Waals surface area contributed by atoms with E-state index in [1.165, 1.54) is 0 Å². The third kappa shape index (κ3) is 18.5. The average Bonchev–Trinajstić information content (AvgIpc) is 2.22. The highest BCUT2D eigenvalue weighted by Gasteiger charge is 2.18. The summed E-state index contributed by atoms with van der Waals surface area (Å²) >= 11 is 1.74. The largest absolute Gasteiger partial charge is 0.316 e. The Hall–Kier alpha value is -0.0200. The molecule has 0 aliphatic carbocycles. The lowest BCUT2D eigenvalue weighted by Gasteiger charge is -2.23. The molecule has 0 aromatic heterocycles. The maximum absolute atomic E-state index is 11.1. The Morgan fingerprint density at radius 2 is 1.76 bits per heavy atom. The monoisotopic (exact) mass is 263 g/mol. The van der Waals surface area contributed by atoms with Gasteiger partial charge in [-0.2, -0.15) is 0 Å². The van der Waals surface area contributed by atoms with Crippen LogP contribution in [0.15, 0.2) is 0 Å². The third-order valence-electron chi connectivity index (χ3n) is 1.82. The molecule has 3 heteroatoms. The van der Waals surface area contributed by atoms with Gasteiger partial charge >= 0.3 is 0 Å². The number of hydrogen-bond acceptors (Lipinski definition) is 3. The van der Waals surface area contributed by atoms with Crippen LogP contribution in [0.5, 0.6) is 0 Å². The molecule has 0 spiro atoms. The van der Waals surface area contributed by atoms with E-state index in [0.29, 0.717) is 18.0 Å². The molecule has 0 radical (unpaired) electrons. The lowest BCUT2D eigenvalue weighted by atomic mass is 10.2. The predicted molar refractivity (Wildman–Crippen MR) is 83.0 cm³/mol. The summed E-state index contributed by atoms with van der Waals surface area (Å²) in [5.74, 6) is 1.82. The highest BCUT2D eigenvalue weighted by atomic mass is 32.2. The molecule has 0 heterocycles. The topological polar surface area (TPSA) is 29.1 Å². The highest BCUT2D eigenvalue weighted by molar-refractivity contribution is 8.01. The smallest absolute Gasteiger partial charge is 0.142 e.